The van der Waals surface area contributed by atoms with Gasteiger partial charge in [-0.25, -0.2) is 4.98 Å². The van der Waals surface area contributed by atoms with Crippen molar-refractivity contribution < 1.29 is 4.74 Å². The molecule has 0 saturated heterocycles. The number of aromatic nitrogens is 2. The summed E-state index contributed by atoms with van der Waals surface area (Å²) in [5.74, 6) is 0.960. The highest BCUT2D eigenvalue weighted by atomic mass is 79.9. The minimum atomic E-state index is -0.242. The van der Waals surface area contributed by atoms with E-state index < -0.39 is 0 Å². The molecule has 180 valence electrons. The molecule has 3 aromatic carbocycles. The molecule has 0 bridgehead atoms. The Balaban J connectivity index is 1.63. The zero-order valence-corrected chi connectivity index (χ0v) is 24.6. The Morgan fingerprint density at radius 1 is 1.03 bits per heavy atom. The van der Waals surface area contributed by atoms with Crippen molar-refractivity contribution in [2.24, 2.45) is 5.10 Å². The number of ether oxygens (including phenoxy) is 1. The molecule has 1 heterocycles. The summed E-state index contributed by atoms with van der Waals surface area (Å²) in [7, 11) is 0. The van der Waals surface area contributed by atoms with Gasteiger partial charge in [-0.2, -0.15) is 9.78 Å². The van der Waals surface area contributed by atoms with Gasteiger partial charge in [0.2, 0.25) is 0 Å². The summed E-state index contributed by atoms with van der Waals surface area (Å²) in [6.45, 7) is 2.31. The first-order chi connectivity index (χ1) is 16.8. The first-order valence-electron chi connectivity index (χ1n) is 10.6. The highest BCUT2D eigenvalue weighted by Crippen LogP contribution is 2.35. The van der Waals surface area contributed by atoms with E-state index in [0.717, 1.165) is 25.4 Å². The highest BCUT2D eigenvalue weighted by molar-refractivity contribution is 9.11. The molecule has 1 aromatic heterocycles. The Morgan fingerprint density at radius 2 is 1.71 bits per heavy atom. The molecule has 0 N–H and O–H groups in total. The van der Waals surface area contributed by atoms with Crippen LogP contribution < -0.4 is 10.3 Å². The van der Waals surface area contributed by atoms with Crippen molar-refractivity contribution in [3.05, 3.63) is 99.3 Å². The third kappa shape index (κ3) is 6.17. The van der Waals surface area contributed by atoms with Gasteiger partial charge in [0.05, 0.1) is 27.2 Å². The summed E-state index contributed by atoms with van der Waals surface area (Å²) in [6.07, 6.45) is 2.97. The van der Waals surface area contributed by atoms with Crippen LogP contribution in [0.2, 0.25) is 10.0 Å². The summed E-state index contributed by atoms with van der Waals surface area (Å²) in [5.41, 5.74) is 1.97. The molecule has 0 amide bonds. The molecular formula is C25H18Br3Cl2N3O2. The fourth-order valence-electron chi connectivity index (χ4n) is 3.40. The average molecular weight is 703 g/mol. The fourth-order valence-corrected chi connectivity index (χ4v) is 5.54. The Morgan fingerprint density at radius 3 is 2.40 bits per heavy atom. The van der Waals surface area contributed by atoms with E-state index in [9.17, 15) is 4.79 Å². The summed E-state index contributed by atoms with van der Waals surface area (Å²) in [4.78, 5) is 17.8. The van der Waals surface area contributed by atoms with E-state index in [1.165, 1.54) is 4.68 Å². The van der Waals surface area contributed by atoms with Gasteiger partial charge in [-0.05, 0) is 54.4 Å². The normalized spacial score (nSPS) is 11.5. The predicted molar refractivity (Wildman–Crippen MR) is 153 cm³/mol. The number of rotatable bonds is 7. The zero-order chi connectivity index (χ0) is 25.1. The standard InChI is InChI=1S/C25H18Br3Cl2N3O2/c1-2-3-23-32-22-7-6-16(26)10-18(22)25(34)33(23)31-12-14-8-20(29)24(21(30)9-14)35-13-15-4-5-17(27)11-19(15)28/h4-12H,2-3,13H2,1H3. The molecule has 0 radical (unpaired) electrons. The second-order valence-corrected chi connectivity index (χ2v) is 11.1. The lowest BCUT2D eigenvalue weighted by Crippen LogP contribution is -2.22. The van der Waals surface area contributed by atoms with Crippen LogP contribution in [0.25, 0.3) is 10.9 Å². The van der Waals surface area contributed by atoms with Crippen molar-refractivity contribution in [3.8, 4) is 5.75 Å². The third-order valence-electron chi connectivity index (χ3n) is 5.08. The van der Waals surface area contributed by atoms with Gasteiger partial charge in [0.15, 0.2) is 5.75 Å². The van der Waals surface area contributed by atoms with Gasteiger partial charge >= 0.3 is 0 Å². The van der Waals surface area contributed by atoms with E-state index in [0.29, 0.717) is 44.5 Å². The van der Waals surface area contributed by atoms with Crippen LogP contribution >= 0.6 is 71.0 Å². The number of hydrogen-bond acceptors (Lipinski definition) is 4. The Bertz CT molecular complexity index is 1480. The number of hydrogen-bond donors (Lipinski definition) is 0. The Hall–Kier alpha value is -1.71. The maximum Gasteiger partial charge on any atom is 0.282 e. The third-order valence-corrected chi connectivity index (χ3v) is 7.37. The molecule has 0 atom stereocenters. The van der Waals surface area contributed by atoms with Crippen LogP contribution in [0.5, 0.6) is 5.75 Å². The van der Waals surface area contributed by atoms with Gasteiger partial charge in [-0.15, -0.1) is 0 Å². The predicted octanol–water partition coefficient (Wildman–Crippen LogP) is 8.40. The molecule has 0 fully saturated rings. The van der Waals surface area contributed by atoms with Gasteiger partial charge in [0.25, 0.3) is 5.56 Å². The number of nitrogens with zero attached hydrogens (tertiary/aromatic N) is 3. The molecule has 0 unspecified atom stereocenters. The molecule has 4 aromatic rings. The topological polar surface area (TPSA) is 56.5 Å². The van der Waals surface area contributed by atoms with Gasteiger partial charge in [0, 0.05) is 25.4 Å². The summed E-state index contributed by atoms with van der Waals surface area (Å²) in [5, 5.41) is 5.60. The smallest absolute Gasteiger partial charge is 0.282 e. The monoisotopic (exact) mass is 699 g/mol. The van der Waals surface area contributed by atoms with Crippen molar-refractivity contribution in [1.29, 1.82) is 0 Å². The van der Waals surface area contributed by atoms with Crippen molar-refractivity contribution in [2.75, 3.05) is 0 Å². The molecule has 5 nitrogen and oxygen atoms in total. The molecule has 0 aliphatic carbocycles. The maximum atomic E-state index is 13.2. The first-order valence-corrected chi connectivity index (χ1v) is 13.7. The molecule has 0 aliphatic heterocycles. The van der Waals surface area contributed by atoms with Crippen molar-refractivity contribution >= 4 is 88.1 Å². The molecule has 35 heavy (non-hydrogen) atoms. The molecule has 0 saturated carbocycles. The summed E-state index contributed by atoms with van der Waals surface area (Å²) in [6, 6.07) is 14.6. The van der Waals surface area contributed by atoms with Gasteiger partial charge in [0.1, 0.15) is 12.4 Å². The number of halogens is 5. The van der Waals surface area contributed by atoms with Gasteiger partial charge < -0.3 is 4.74 Å². The summed E-state index contributed by atoms with van der Waals surface area (Å²) < 4.78 is 9.90. The van der Waals surface area contributed by atoms with E-state index in [2.05, 4.69) is 57.9 Å². The zero-order valence-electron chi connectivity index (χ0n) is 18.4. The van der Waals surface area contributed by atoms with Crippen molar-refractivity contribution in [3.63, 3.8) is 0 Å². The van der Waals surface area contributed by atoms with E-state index in [4.69, 9.17) is 27.9 Å². The maximum absolute atomic E-state index is 13.2. The van der Waals surface area contributed by atoms with Crippen LogP contribution in [-0.4, -0.2) is 15.9 Å². The van der Waals surface area contributed by atoms with Crippen molar-refractivity contribution in [1.82, 2.24) is 9.66 Å². The van der Waals surface area contributed by atoms with Crippen LogP contribution in [-0.2, 0) is 13.0 Å². The van der Waals surface area contributed by atoms with Crippen LogP contribution in [0.3, 0.4) is 0 Å². The molecule has 0 aliphatic rings. The molecule has 4 rings (SSSR count). The van der Waals surface area contributed by atoms with Crippen molar-refractivity contribution in [2.45, 2.75) is 26.4 Å². The molecule has 10 heteroatoms. The van der Waals surface area contributed by atoms with Crippen LogP contribution in [0.4, 0.5) is 0 Å². The van der Waals surface area contributed by atoms with E-state index in [-0.39, 0.29) is 12.2 Å². The number of benzene rings is 3. The van der Waals surface area contributed by atoms with Gasteiger partial charge in [-0.1, -0.05) is 84.0 Å². The average Bonchev–Trinajstić information content (AvgIpc) is 2.80. The SMILES string of the molecule is CCCc1nc2ccc(Br)cc2c(=O)n1N=Cc1cc(Cl)c(OCc2ccc(Br)cc2Br)c(Cl)c1. The van der Waals surface area contributed by atoms with Gasteiger partial charge in [-0.3, -0.25) is 4.79 Å². The number of aryl methyl sites for hydroxylation is 1. The number of fused-ring (bicyclic) bond motifs is 1. The Labute approximate surface area is 237 Å². The highest BCUT2D eigenvalue weighted by Gasteiger charge is 2.13. The van der Waals surface area contributed by atoms with Crippen LogP contribution in [0.15, 0.2) is 71.8 Å². The molecular weight excluding hydrogens is 685 g/mol. The Kier molecular flexibility index (Phi) is 8.71. The second kappa shape index (κ2) is 11.6. The van der Waals surface area contributed by atoms with E-state index >= 15 is 0 Å². The lowest BCUT2D eigenvalue weighted by molar-refractivity contribution is 0.306. The van der Waals surface area contributed by atoms with Crippen LogP contribution in [0.1, 0.15) is 30.3 Å². The van der Waals surface area contributed by atoms with E-state index in [1.54, 1.807) is 24.4 Å². The van der Waals surface area contributed by atoms with E-state index in [1.807, 2.05) is 37.3 Å². The minimum Gasteiger partial charge on any atom is -0.486 e. The largest absolute Gasteiger partial charge is 0.486 e. The molecule has 0 spiro atoms. The first kappa shape index (κ1) is 26.4. The quantitative estimate of drug-likeness (QED) is 0.182. The fraction of sp³-hybridized carbons (Fsp3) is 0.160. The lowest BCUT2D eigenvalue weighted by atomic mass is 10.2. The van der Waals surface area contributed by atoms with Crippen LogP contribution in [0, 0.1) is 0 Å². The summed E-state index contributed by atoms with van der Waals surface area (Å²) >= 11 is 23.3. The minimum absolute atomic E-state index is 0.242. The second-order valence-electron chi connectivity index (χ2n) is 7.64. The lowest BCUT2D eigenvalue weighted by Gasteiger charge is -2.12.